The third kappa shape index (κ3) is 6.33. The molecular weight excluding hydrogens is 402 g/mol. The molecule has 1 atom stereocenters. The number of benzene rings is 2. The van der Waals surface area contributed by atoms with E-state index in [9.17, 15) is 4.79 Å². The number of aliphatic carboxylic acids is 1. The topological polar surface area (TPSA) is 68.7 Å². The van der Waals surface area contributed by atoms with Gasteiger partial charge < -0.3 is 14.6 Å². The molecule has 0 radical (unpaired) electrons. The second kappa shape index (κ2) is 11.3. The largest absolute Gasteiger partial charge is 0.497 e. The average Bonchev–Trinajstić information content (AvgIpc) is 2.81. The third-order valence-electron chi connectivity index (χ3n) is 5.51. The quantitative estimate of drug-likeness (QED) is 0.379. The molecule has 1 aromatic heterocycles. The summed E-state index contributed by atoms with van der Waals surface area (Å²) in [5.74, 6) is 0.808. The number of aryl methyl sites for hydroxylation is 2. The molecule has 1 N–H and O–H groups in total. The minimum Gasteiger partial charge on any atom is -0.497 e. The molecule has 3 rings (SSSR count). The highest BCUT2D eigenvalue weighted by Crippen LogP contribution is 2.29. The van der Waals surface area contributed by atoms with Gasteiger partial charge in [-0.3, -0.25) is 4.79 Å². The smallest absolute Gasteiger partial charge is 0.303 e. The maximum Gasteiger partial charge on any atom is 0.303 e. The SMILES string of the molecule is CCCCC(Oc1ccc(CCC(=O)O)c(C)c1)c1cccc(-c2ccc(OC)cc2)n1. The van der Waals surface area contributed by atoms with Crippen LogP contribution in [0.25, 0.3) is 11.3 Å². The van der Waals surface area contributed by atoms with Gasteiger partial charge in [-0.05, 0) is 85.8 Å². The number of carbonyl (C=O) groups is 1. The zero-order valence-electron chi connectivity index (χ0n) is 19.0. The molecule has 32 heavy (non-hydrogen) atoms. The van der Waals surface area contributed by atoms with E-state index >= 15 is 0 Å². The van der Waals surface area contributed by atoms with Gasteiger partial charge in [0.1, 0.15) is 17.6 Å². The number of carboxylic acid groups (broad SMARTS) is 1. The number of methoxy groups -OCH3 is 1. The highest BCUT2D eigenvalue weighted by Gasteiger charge is 2.16. The Morgan fingerprint density at radius 1 is 1.06 bits per heavy atom. The van der Waals surface area contributed by atoms with Crippen LogP contribution in [0.3, 0.4) is 0 Å². The number of nitrogens with zero attached hydrogens (tertiary/aromatic N) is 1. The van der Waals surface area contributed by atoms with Crippen LogP contribution in [0.4, 0.5) is 0 Å². The van der Waals surface area contributed by atoms with Crippen LogP contribution in [-0.2, 0) is 11.2 Å². The van der Waals surface area contributed by atoms with Crippen LogP contribution in [0.15, 0.2) is 60.7 Å². The van der Waals surface area contributed by atoms with Crippen LogP contribution in [0, 0.1) is 6.92 Å². The van der Waals surface area contributed by atoms with E-state index in [4.69, 9.17) is 19.6 Å². The number of ether oxygens (including phenoxy) is 2. The normalized spacial score (nSPS) is 11.7. The Morgan fingerprint density at radius 2 is 1.81 bits per heavy atom. The summed E-state index contributed by atoms with van der Waals surface area (Å²) in [6, 6.07) is 19.8. The molecule has 0 fully saturated rings. The molecule has 1 unspecified atom stereocenters. The van der Waals surface area contributed by atoms with Gasteiger partial charge in [0.25, 0.3) is 0 Å². The molecule has 2 aromatic carbocycles. The zero-order chi connectivity index (χ0) is 22.9. The summed E-state index contributed by atoms with van der Waals surface area (Å²) in [5.41, 5.74) is 4.90. The van der Waals surface area contributed by atoms with Crippen LogP contribution in [0.5, 0.6) is 11.5 Å². The second-order valence-electron chi connectivity index (χ2n) is 7.91. The van der Waals surface area contributed by atoms with Crippen LogP contribution >= 0.6 is 0 Å². The van der Waals surface area contributed by atoms with E-state index in [1.807, 2.05) is 67.6 Å². The maximum absolute atomic E-state index is 10.9. The molecule has 1 heterocycles. The lowest BCUT2D eigenvalue weighted by atomic mass is 10.0. The monoisotopic (exact) mass is 433 g/mol. The first-order chi connectivity index (χ1) is 15.5. The Balaban J connectivity index is 1.82. The van der Waals surface area contributed by atoms with Crippen molar-refractivity contribution in [3.63, 3.8) is 0 Å². The van der Waals surface area contributed by atoms with E-state index in [0.717, 1.165) is 58.8 Å². The summed E-state index contributed by atoms with van der Waals surface area (Å²) in [4.78, 5) is 15.8. The van der Waals surface area contributed by atoms with Gasteiger partial charge in [0, 0.05) is 12.0 Å². The first kappa shape index (κ1) is 23.3. The lowest BCUT2D eigenvalue weighted by Gasteiger charge is -2.20. The second-order valence-corrected chi connectivity index (χ2v) is 7.91. The molecule has 0 aliphatic heterocycles. The van der Waals surface area contributed by atoms with Crippen molar-refractivity contribution in [3.8, 4) is 22.8 Å². The predicted molar refractivity (Wildman–Crippen MR) is 126 cm³/mol. The maximum atomic E-state index is 10.9. The van der Waals surface area contributed by atoms with Crippen LogP contribution in [-0.4, -0.2) is 23.2 Å². The molecule has 5 nitrogen and oxygen atoms in total. The molecular formula is C27H31NO4. The number of unbranched alkanes of at least 4 members (excludes halogenated alkanes) is 1. The molecule has 0 spiro atoms. The van der Waals surface area contributed by atoms with E-state index in [1.54, 1.807) is 7.11 Å². The highest BCUT2D eigenvalue weighted by atomic mass is 16.5. The van der Waals surface area contributed by atoms with E-state index < -0.39 is 5.97 Å². The lowest BCUT2D eigenvalue weighted by Crippen LogP contribution is -2.10. The lowest BCUT2D eigenvalue weighted by molar-refractivity contribution is -0.136. The number of hydrogen-bond donors (Lipinski definition) is 1. The van der Waals surface area contributed by atoms with Gasteiger partial charge in [-0.15, -0.1) is 0 Å². The minimum atomic E-state index is -0.785. The Bertz CT molecular complexity index is 1030. The van der Waals surface area contributed by atoms with Crippen LogP contribution < -0.4 is 9.47 Å². The third-order valence-corrected chi connectivity index (χ3v) is 5.51. The van der Waals surface area contributed by atoms with Gasteiger partial charge in [0.05, 0.1) is 18.5 Å². The van der Waals surface area contributed by atoms with Crippen molar-refractivity contribution in [2.75, 3.05) is 7.11 Å². The van der Waals surface area contributed by atoms with Crippen molar-refractivity contribution in [3.05, 3.63) is 77.5 Å². The van der Waals surface area contributed by atoms with E-state index in [-0.39, 0.29) is 12.5 Å². The Hall–Kier alpha value is -3.34. The van der Waals surface area contributed by atoms with Gasteiger partial charge in [0.15, 0.2) is 0 Å². The zero-order valence-corrected chi connectivity index (χ0v) is 19.0. The van der Waals surface area contributed by atoms with Gasteiger partial charge in [-0.2, -0.15) is 0 Å². The van der Waals surface area contributed by atoms with Crippen LogP contribution in [0.1, 0.15) is 55.5 Å². The molecule has 0 aliphatic rings. The Labute approximate surface area is 190 Å². The fraction of sp³-hybridized carbons (Fsp3) is 0.333. The molecule has 3 aromatic rings. The fourth-order valence-corrected chi connectivity index (χ4v) is 3.64. The number of aromatic nitrogens is 1. The van der Waals surface area contributed by atoms with E-state index in [1.165, 1.54) is 0 Å². The minimum absolute atomic E-state index is 0.127. The van der Waals surface area contributed by atoms with Crippen molar-refractivity contribution >= 4 is 5.97 Å². The van der Waals surface area contributed by atoms with Gasteiger partial charge in [0.2, 0.25) is 0 Å². The summed E-state index contributed by atoms with van der Waals surface area (Å²) < 4.78 is 11.6. The summed E-state index contributed by atoms with van der Waals surface area (Å²) >= 11 is 0. The van der Waals surface area contributed by atoms with Crippen molar-refractivity contribution < 1.29 is 19.4 Å². The number of rotatable bonds is 11. The molecule has 5 heteroatoms. The highest BCUT2D eigenvalue weighted by molar-refractivity contribution is 5.67. The summed E-state index contributed by atoms with van der Waals surface area (Å²) in [6.45, 7) is 4.16. The summed E-state index contributed by atoms with van der Waals surface area (Å²) in [7, 11) is 1.66. The Kier molecular flexibility index (Phi) is 8.26. The van der Waals surface area contributed by atoms with Crippen molar-refractivity contribution in [2.45, 2.75) is 52.1 Å². The number of carboxylic acids is 1. The van der Waals surface area contributed by atoms with E-state index in [0.29, 0.717) is 6.42 Å². The summed E-state index contributed by atoms with van der Waals surface area (Å²) in [5, 5.41) is 8.94. The van der Waals surface area contributed by atoms with Crippen LogP contribution in [0.2, 0.25) is 0 Å². The number of pyridine rings is 1. The summed E-state index contributed by atoms with van der Waals surface area (Å²) in [6.07, 6.45) is 3.47. The standard InChI is InChI=1S/C27H31NO4/c1-4-5-9-26(32-23-16-10-20(19(2)18-23)13-17-27(29)30)25-8-6-7-24(28-25)21-11-14-22(31-3)15-12-21/h6-8,10-12,14-16,18,26H,4-5,9,13,17H2,1-3H3,(H,29,30). The fourth-order valence-electron chi connectivity index (χ4n) is 3.64. The van der Waals surface area contributed by atoms with Gasteiger partial charge >= 0.3 is 5.97 Å². The van der Waals surface area contributed by atoms with Crippen molar-refractivity contribution in [1.29, 1.82) is 0 Å². The molecule has 0 bridgehead atoms. The number of hydrogen-bond acceptors (Lipinski definition) is 4. The van der Waals surface area contributed by atoms with Gasteiger partial charge in [-0.1, -0.05) is 25.5 Å². The average molecular weight is 434 g/mol. The molecule has 0 amide bonds. The van der Waals surface area contributed by atoms with E-state index in [2.05, 4.69) is 6.92 Å². The van der Waals surface area contributed by atoms with Crippen molar-refractivity contribution in [1.82, 2.24) is 4.98 Å². The van der Waals surface area contributed by atoms with Gasteiger partial charge in [-0.25, -0.2) is 4.98 Å². The Morgan fingerprint density at radius 3 is 2.47 bits per heavy atom. The first-order valence-electron chi connectivity index (χ1n) is 11.1. The molecule has 0 saturated heterocycles. The molecule has 0 saturated carbocycles. The molecule has 168 valence electrons. The first-order valence-corrected chi connectivity index (χ1v) is 11.1. The predicted octanol–water partition coefficient (Wildman–Crippen LogP) is 6.39. The molecule has 0 aliphatic carbocycles. The van der Waals surface area contributed by atoms with Crippen molar-refractivity contribution in [2.24, 2.45) is 0 Å².